The van der Waals surface area contributed by atoms with Crippen LogP contribution in [0.1, 0.15) is 31.2 Å². The van der Waals surface area contributed by atoms with Gasteiger partial charge in [0.2, 0.25) is 0 Å². The van der Waals surface area contributed by atoms with Crippen LogP contribution in [0.2, 0.25) is 0 Å². The molecule has 19 heavy (non-hydrogen) atoms. The lowest BCUT2D eigenvalue weighted by Gasteiger charge is -2.26. The van der Waals surface area contributed by atoms with Gasteiger partial charge >= 0.3 is 0 Å². The van der Waals surface area contributed by atoms with E-state index in [9.17, 15) is 14.9 Å². The van der Waals surface area contributed by atoms with E-state index in [1.165, 1.54) is 0 Å². The minimum Gasteiger partial charge on any atom is -0.377 e. The maximum Gasteiger partial charge on any atom is 0.292 e. The smallest absolute Gasteiger partial charge is 0.292 e. The normalized spacial score (nSPS) is 22.8. The molecule has 1 fully saturated rings. The van der Waals surface area contributed by atoms with Crippen LogP contribution in [0.4, 0.5) is 11.4 Å². The van der Waals surface area contributed by atoms with Gasteiger partial charge in [-0.15, -0.1) is 0 Å². The van der Waals surface area contributed by atoms with Gasteiger partial charge in [0.1, 0.15) is 12.0 Å². The molecule has 0 saturated heterocycles. The average molecular weight is 262 g/mol. The van der Waals surface area contributed by atoms with E-state index in [-0.39, 0.29) is 22.6 Å². The van der Waals surface area contributed by atoms with Crippen LogP contribution in [0.5, 0.6) is 0 Å². The van der Waals surface area contributed by atoms with Crippen molar-refractivity contribution >= 4 is 17.7 Å². The Morgan fingerprint density at radius 1 is 1.32 bits per heavy atom. The van der Waals surface area contributed by atoms with E-state index in [1.54, 1.807) is 12.1 Å². The van der Waals surface area contributed by atoms with Crippen molar-refractivity contribution in [2.24, 2.45) is 5.92 Å². The molecule has 0 aliphatic heterocycles. The second-order valence-electron chi connectivity index (χ2n) is 5.17. The number of carbonyl (C=O) groups is 1. The van der Waals surface area contributed by atoms with Crippen molar-refractivity contribution in [2.75, 3.05) is 5.32 Å². The topological polar surface area (TPSA) is 72.2 Å². The van der Waals surface area contributed by atoms with Crippen LogP contribution in [0.25, 0.3) is 0 Å². The first-order valence-corrected chi connectivity index (χ1v) is 6.57. The highest BCUT2D eigenvalue weighted by Gasteiger charge is 2.23. The Balaban J connectivity index is 2.07. The second kappa shape index (κ2) is 5.82. The van der Waals surface area contributed by atoms with Crippen molar-refractivity contribution in [3.05, 3.63) is 33.9 Å². The maximum absolute atomic E-state index is 11.0. The Bertz CT molecular complexity index is 480. The number of anilines is 1. The third kappa shape index (κ3) is 3.30. The molecule has 2 rings (SSSR count). The Kier molecular flexibility index (Phi) is 4.14. The van der Waals surface area contributed by atoms with E-state index in [0.717, 1.165) is 37.5 Å². The molecule has 1 aromatic rings. The fourth-order valence-corrected chi connectivity index (χ4v) is 2.53. The highest BCUT2D eigenvalue weighted by molar-refractivity contribution is 5.63. The summed E-state index contributed by atoms with van der Waals surface area (Å²) in [6.45, 7) is 1.84. The predicted octanol–water partition coefficient (Wildman–Crippen LogP) is 3.07. The number of nitrogens with one attached hydrogen (secondary N) is 1. The summed E-state index contributed by atoms with van der Waals surface area (Å²) in [5.41, 5.74) is 1.57. The number of hydrogen-bond acceptors (Lipinski definition) is 4. The van der Waals surface area contributed by atoms with Crippen molar-refractivity contribution in [1.82, 2.24) is 0 Å². The van der Waals surface area contributed by atoms with Crippen molar-refractivity contribution in [3.8, 4) is 0 Å². The van der Waals surface area contributed by atoms with Crippen molar-refractivity contribution < 1.29 is 9.72 Å². The van der Waals surface area contributed by atoms with E-state index < -0.39 is 0 Å². The van der Waals surface area contributed by atoms with Gasteiger partial charge in [-0.2, -0.15) is 0 Å². The van der Waals surface area contributed by atoms with Gasteiger partial charge in [0.25, 0.3) is 5.69 Å². The van der Waals surface area contributed by atoms with Crippen LogP contribution in [0.3, 0.4) is 0 Å². The van der Waals surface area contributed by atoms with Gasteiger partial charge in [0.05, 0.1) is 4.92 Å². The molecule has 0 heterocycles. The third-order valence-corrected chi connectivity index (χ3v) is 3.67. The molecule has 5 heteroatoms. The average Bonchev–Trinajstić information content (AvgIpc) is 2.41. The van der Waals surface area contributed by atoms with Crippen molar-refractivity contribution in [3.63, 3.8) is 0 Å². The Morgan fingerprint density at radius 2 is 2.00 bits per heavy atom. The van der Waals surface area contributed by atoms with E-state index >= 15 is 0 Å². The Labute approximate surface area is 112 Å². The molecule has 0 spiro atoms. The zero-order valence-electron chi connectivity index (χ0n) is 11.0. The number of aryl methyl sites for hydroxylation is 1. The molecule has 5 nitrogen and oxygen atoms in total. The van der Waals surface area contributed by atoms with Crippen LogP contribution < -0.4 is 5.32 Å². The number of benzene rings is 1. The first-order valence-electron chi connectivity index (χ1n) is 6.57. The number of hydrogen-bond donors (Lipinski definition) is 1. The van der Waals surface area contributed by atoms with Gasteiger partial charge in [0, 0.05) is 18.0 Å². The maximum atomic E-state index is 11.0. The number of aldehydes is 1. The SMILES string of the molecule is Cc1ccc(NC2CCC(C=O)CC2)c([N+](=O)[O-])c1. The molecule has 0 unspecified atom stereocenters. The lowest BCUT2D eigenvalue weighted by Crippen LogP contribution is -2.26. The molecule has 0 radical (unpaired) electrons. The first-order chi connectivity index (χ1) is 9.10. The van der Waals surface area contributed by atoms with Crippen molar-refractivity contribution in [2.45, 2.75) is 38.6 Å². The third-order valence-electron chi connectivity index (χ3n) is 3.67. The molecule has 102 valence electrons. The lowest BCUT2D eigenvalue weighted by atomic mass is 9.87. The molecule has 0 bridgehead atoms. The summed E-state index contributed by atoms with van der Waals surface area (Å²) in [7, 11) is 0. The monoisotopic (exact) mass is 262 g/mol. The predicted molar refractivity (Wildman–Crippen MR) is 73.3 cm³/mol. The van der Waals surface area contributed by atoms with Crippen LogP contribution in [-0.2, 0) is 4.79 Å². The summed E-state index contributed by atoms with van der Waals surface area (Å²) >= 11 is 0. The summed E-state index contributed by atoms with van der Waals surface area (Å²) in [4.78, 5) is 21.4. The molecular weight excluding hydrogens is 244 g/mol. The minimum absolute atomic E-state index is 0.123. The molecule has 1 aliphatic rings. The summed E-state index contributed by atoms with van der Waals surface area (Å²) in [5, 5.41) is 14.3. The summed E-state index contributed by atoms with van der Waals surface area (Å²) in [5.74, 6) is 0.158. The van der Waals surface area contributed by atoms with E-state index in [0.29, 0.717) is 5.69 Å². The van der Waals surface area contributed by atoms with Gasteiger partial charge < -0.3 is 10.1 Å². The fraction of sp³-hybridized carbons (Fsp3) is 0.500. The van der Waals surface area contributed by atoms with E-state index in [1.807, 2.05) is 13.0 Å². The number of carbonyl (C=O) groups excluding carboxylic acids is 1. The first kappa shape index (κ1) is 13.5. The molecular formula is C14H18N2O3. The zero-order valence-corrected chi connectivity index (χ0v) is 11.0. The standard InChI is InChI=1S/C14H18N2O3/c1-10-2-7-13(14(8-10)16(18)19)15-12-5-3-11(9-17)4-6-12/h2,7-9,11-12,15H,3-6H2,1H3. The number of nitro groups is 1. The summed E-state index contributed by atoms with van der Waals surface area (Å²) in [6.07, 6.45) is 4.51. The van der Waals surface area contributed by atoms with Gasteiger partial charge in [0.15, 0.2) is 0 Å². The van der Waals surface area contributed by atoms with E-state index in [2.05, 4.69) is 5.32 Å². The molecule has 1 aliphatic carbocycles. The van der Waals surface area contributed by atoms with Crippen LogP contribution >= 0.6 is 0 Å². The highest BCUT2D eigenvalue weighted by Crippen LogP contribution is 2.30. The Morgan fingerprint density at radius 3 is 2.58 bits per heavy atom. The Hall–Kier alpha value is -1.91. The second-order valence-corrected chi connectivity index (χ2v) is 5.17. The molecule has 0 atom stereocenters. The molecule has 0 amide bonds. The minimum atomic E-state index is -0.355. The number of rotatable bonds is 4. The molecule has 0 aromatic heterocycles. The largest absolute Gasteiger partial charge is 0.377 e. The quantitative estimate of drug-likeness (QED) is 0.514. The summed E-state index contributed by atoms with van der Waals surface area (Å²) < 4.78 is 0. The molecule has 1 N–H and O–H groups in total. The summed E-state index contributed by atoms with van der Waals surface area (Å²) in [6, 6.07) is 5.43. The fourth-order valence-electron chi connectivity index (χ4n) is 2.53. The van der Waals surface area contributed by atoms with E-state index in [4.69, 9.17) is 0 Å². The zero-order chi connectivity index (χ0) is 13.8. The van der Waals surface area contributed by atoms with Crippen LogP contribution in [-0.4, -0.2) is 17.3 Å². The van der Waals surface area contributed by atoms with Crippen LogP contribution in [0.15, 0.2) is 18.2 Å². The highest BCUT2D eigenvalue weighted by atomic mass is 16.6. The van der Waals surface area contributed by atoms with Gasteiger partial charge in [-0.3, -0.25) is 10.1 Å². The van der Waals surface area contributed by atoms with Crippen LogP contribution in [0, 0.1) is 23.0 Å². The van der Waals surface area contributed by atoms with Gasteiger partial charge in [-0.05, 0) is 44.2 Å². The number of nitrogens with zero attached hydrogens (tertiary/aromatic N) is 1. The van der Waals surface area contributed by atoms with Gasteiger partial charge in [-0.25, -0.2) is 0 Å². The van der Waals surface area contributed by atoms with Crippen molar-refractivity contribution in [1.29, 1.82) is 0 Å². The molecule has 1 saturated carbocycles. The number of nitro benzene ring substituents is 1. The molecule has 1 aromatic carbocycles. The lowest BCUT2D eigenvalue weighted by molar-refractivity contribution is -0.384. The van der Waals surface area contributed by atoms with Gasteiger partial charge in [-0.1, -0.05) is 6.07 Å².